The fraction of sp³-hybridized carbons (Fsp3) is 0.824. The SMILES string of the molecule is CC1(C)C[C@@H](O)[C@@H](O)CN(c2ncnc(N3C[C@H]4CNC[C@H]4C3)n2)C1. The van der Waals surface area contributed by atoms with Gasteiger partial charge in [-0.15, -0.1) is 0 Å². The number of β-amino-alcohol motifs (C(OH)–C–C–N with tert-alkyl or cyclic N) is 1. The van der Waals surface area contributed by atoms with Crippen molar-refractivity contribution in [1.82, 2.24) is 20.3 Å². The quantitative estimate of drug-likeness (QED) is 0.657. The van der Waals surface area contributed by atoms with Crippen molar-refractivity contribution in [2.75, 3.05) is 49.1 Å². The Bertz CT molecular complexity index is 615. The molecule has 4 atom stereocenters. The maximum atomic E-state index is 10.2. The van der Waals surface area contributed by atoms with Gasteiger partial charge in [0.05, 0.1) is 12.2 Å². The van der Waals surface area contributed by atoms with Gasteiger partial charge in [-0.05, 0) is 23.7 Å². The molecule has 0 spiro atoms. The van der Waals surface area contributed by atoms with Gasteiger partial charge < -0.3 is 25.3 Å². The fourth-order valence-electron chi connectivity index (χ4n) is 4.45. The molecule has 8 heteroatoms. The minimum atomic E-state index is -0.792. The molecule has 0 aromatic carbocycles. The van der Waals surface area contributed by atoms with Crippen LogP contribution in [0, 0.1) is 17.3 Å². The summed E-state index contributed by atoms with van der Waals surface area (Å²) in [5, 5.41) is 23.8. The molecule has 3 fully saturated rings. The van der Waals surface area contributed by atoms with Crippen molar-refractivity contribution in [2.45, 2.75) is 32.5 Å². The lowest BCUT2D eigenvalue weighted by molar-refractivity contribution is 0.0109. The number of aromatic nitrogens is 3. The van der Waals surface area contributed by atoms with E-state index in [1.165, 1.54) is 0 Å². The van der Waals surface area contributed by atoms with Gasteiger partial charge in [0.1, 0.15) is 6.33 Å². The molecule has 138 valence electrons. The number of fused-ring (bicyclic) bond motifs is 1. The van der Waals surface area contributed by atoms with E-state index in [2.05, 4.69) is 39.0 Å². The van der Waals surface area contributed by atoms with Crippen molar-refractivity contribution in [1.29, 1.82) is 0 Å². The van der Waals surface area contributed by atoms with Gasteiger partial charge in [0, 0.05) is 39.3 Å². The molecular formula is C17H28N6O2. The second kappa shape index (κ2) is 6.34. The van der Waals surface area contributed by atoms with Gasteiger partial charge in [-0.3, -0.25) is 0 Å². The Morgan fingerprint density at radius 1 is 1.00 bits per heavy atom. The maximum Gasteiger partial charge on any atom is 0.230 e. The maximum absolute atomic E-state index is 10.2. The molecule has 0 amide bonds. The van der Waals surface area contributed by atoms with Crippen LogP contribution in [0.15, 0.2) is 6.33 Å². The van der Waals surface area contributed by atoms with Crippen molar-refractivity contribution in [3.8, 4) is 0 Å². The normalized spacial score (nSPS) is 34.9. The molecule has 8 nitrogen and oxygen atoms in total. The molecule has 3 N–H and O–H groups in total. The summed E-state index contributed by atoms with van der Waals surface area (Å²) in [4.78, 5) is 17.6. The second-order valence-electron chi connectivity index (χ2n) is 8.55. The van der Waals surface area contributed by atoms with Crippen LogP contribution in [-0.4, -0.2) is 76.6 Å². The van der Waals surface area contributed by atoms with Gasteiger partial charge >= 0.3 is 0 Å². The van der Waals surface area contributed by atoms with E-state index in [9.17, 15) is 10.2 Å². The monoisotopic (exact) mass is 348 g/mol. The molecule has 0 aliphatic carbocycles. The van der Waals surface area contributed by atoms with Gasteiger partial charge in [-0.1, -0.05) is 13.8 Å². The number of nitrogens with zero attached hydrogens (tertiary/aromatic N) is 5. The van der Waals surface area contributed by atoms with E-state index >= 15 is 0 Å². The number of rotatable bonds is 2. The Hall–Kier alpha value is -1.51. The van der Waals surface area contributed by atoms with Crippen molar-refractivity contribution in [2.24, 2.45) is 17.3 Å². The summed E-state index contributed by atoms with van der Waals surface area (Å²) in [6.45, 7) is 9.33. The van der Waals surface area contributed by atoms with E-state index in [1.54, 1.807) is 6.33 Å². The first kappa shape index (κ1) is 16.9. The molecule has 25 heavy (non-hydrogen) atoms. The minimum absolute atomic E-state index is 0.125. The van der Waals surface area contributed by atoms with E-state index in [0.29, 0.717) is 37.3 Å². The second-order valence-corrected chi connectivity index (χ2v) is 8.55. The Labute approximate surface area is 148 Å². The summed E-state index contributed by atoms with van der Waals surface area (Å²) >= 11 is 0. The number of nitrogens with one attached hydrogen (secondary N) is 1. The first-order valence-corrected chi connectivity index (χ1v) is 9.17. The molecule has 1 aromatic heterocycles. The van der Waals surface area contributed by atoms with E-state index in [4.69, 9.17) is 0 Å². The smallest absolute Gasteiger partial charge is 0.230 e. The number of anilines is 2. The van der Waals surface area contributed by atoms with Crippen LogP contribution in [0.25, 0.3) is 0 Å². The first-order valence-electron chi connectivity index (χ1n) is 9.17. The predicted octanol–water partition coefficient (Wildman–Crippen LogP) is -0.515. The highest BCUT2D eigenvalue weighted by atomic mass is 16.3. The van der Waals surface area contributed by atoms with E-state index < -0.39 is 12.2 Å². The molecule has 3 aliphatic heterocycles. The molecule has 0 radical (unpaired) electrons. The largest absolute Gasteiger partial charge is 0.390 e. The summed E-state index contributed by atoms with van der Waals surface area (Å²) < 4.78 is 0. The molecule has 4 rings (SSSR count). The van der Waals surface area contributed by atoms with Crippen molar-refractivity contribution < 1.29 is 10.2 Å². The zero-order valence-electron chi connectivity index (χ0n) is 15.0. The Kier molecular flexibility index (Phi) is 4.29. The fourth-order valence-corrected chi connectivity index (χ4v) is 4.45. The number of hydrogen-bond acceptors (Lipinski definition) is 8. The summed E-state index contributed by atoms with van der Waals surface area (Å²) in [5.74, 6) is 2.65. The zero-order valence-corrected chi connectivity index (χ0v) is 15.0. The van der Waals surface area contributed by atoms with Gasteiger partial charge in [0.2, 0.25) is 11.9 Å². The zero-order chi connectivity index (χ0) is 17.6. The van der Waals surface area contributed by atoms with Crippen LogP contribution in [0.5, 0.6) is 0 Å². The summed E-state index contributed by atoms with van der Waals surface area (Å²) in [6, 6.07) is 0. The minimum Gasteiger partial charge on any atom is -0.390 e. The van der Waals surface area contributed by atoms with Crippen molar-refractivity contribution >= 4 is 11.9 Å². The molecule has 0 unspecified atom stereocenters. The highest BCUT2D eigenvalue weighted by molar-refractivity contribution is 5.40. The van der Waals surface area contributed by atoms with Gasteiger partial charge in [0.15, 0.2) is 0 Å². The summed E-state index contributed by atoms with van der Waals surface area (Å²) in [5.41, 5.74) is -0.125. The Morgan fingerprint density at radius 2 is 1.64 bits per heavy atom. The van der Waals surface area contributed by atoms with Crippen LogP contribution in [0.1, 0.15) is 20.3 Å². The van der Waals surface area contributed by atoms with Gasteiger partial charge in [-0.2, -0.15) is 4.98 Å². The average Bonchev–Trinajstić information content (AvgIpc) is 3.12. The molecule has 3 aliphatic rings. The molecule has 1 aromatic rings. The van der Waals surface area contributed by atoms with E-state index in [1.807, 2.05) is 4.90 Å². The lowest BCUT2D eigenvalue weighted by Crippen LogP contribution is -2.38. The van der Waals surface area contributed by atoms with E-state index in [0.717, 1.165) is 32.1 Å². The van der Waals surface area contributed by atoms with Crippen LogP contribution in [-0.2, 0) is 0 Å². The topological polar surface area (TPSA) is 97.6 Å². The van der Waals surface area contributed by atoms with Crippen LogP contribution in [0.4, 0.5) is 11.9 Å². The van der Waals surface area contributed by atoms with Gasteiger partial charge in [-0.25, -0.2) is 9.97 Å². The summed E-state index contributed by atoms with van der Waals surface area (Å²) in [7, 11) is 0. The third-order valence-electron chi connectivity index (χ3n) is 5.73. The Morgan fingerprint density at radius 3 is 2.32 bits per heavy atom. The van der Waals surface area contributed by atoms with Crippen molar-refractivity contribution in [3.05, 3.63) is 6.33 Å². The molecular weight excluding hydrogens is 320 g/mol. The van der Waals surface area contributed by atoms with E-state index in [-0.39, 0.29) is 5.41 Å². The predicted molar refractivity (Wildman–Crippen MR) is 94.5 cm³/mol. The average molecular weight is 348 g/mol. The molecule has 4 heterocycles. The van der Waals surface area contributed by atoms with Gasteiger partial charge in [0.25, 0.3) is 0 Å². The number of aliphatic hydroxyl groups excluding tert-OH is 2. The third kappa shape index (κ3) is 3.43. The van der Waals surface area contributed by atoms with Crippen LogP contribution >= 0.6 is 0 Å². The lowest BCUT2D eigenvalue weighted by atomic mass is 9.86. The summed E-state index contributed by atoms with van der Waals surface area (Å²) in [6.07, 6.45) is 0.612. The highest BCUT2D eigenvalue weighted by Crippen LogP contribution is 2.32. The Balaban J connectivity index is 1.54. The van der Waals surface area contributed by atoms with Crippen LogP contribution < -0.4 is 15.1 Å². The number of hydrogen-bond donors (Lipinski definition) is 3. The molecule has 3 saturated heterocycles. The first-order chi connectivity index (χ1) is 11.9. The van der Waals surface area contributed by atoms with Crippen LogP contribution in [0.2, 0.25) is 0 Å². The molecule has 0 bridgehead atoms. The van der Waals surface area contributed by atoms with Crippen molar-refractivity contribution in [3.63, 3.8) is 0 Å². The highest BCUT2D eigenvalue weighted by Gasteiger charge is 2.38. The number of aliphatic hydroxyl groups is 2. The lowest BCUT2D eigenvalue weighted by Gasteiger charge is -2.30. The third-order valence-corrected chi connectivity index (χ3v) is 5.73. The van der Waals surface area contributed by atoms with Crippen LogP contribution in [0.3, 0.4) is 0 Å². The molecule has 0 saturated carbocycles. The standard InChI is InChI=1S/C17H28N6O2/c1-17(2)3-13(24)14(25)8-23(9-17)16-20-10-19-15(21-16)22-6-11-4-18-5-12(11)7-22/h10-14,18,24-25H,3-9H2,1-2H3/t11-,12+,13-,14+/m1/s1.